The number of fused-ring (bicyclic) bond motifs is 1. The Hall–Kier alpha value is -4.38. The van der Waals surface area contributed by atoms with Crippen molar-refractivity contribution in [3.8, 4) is 11.5 Å². The first-order valence-electron chi connectivity index (χ1n) is 10.9. The first-order valence-corrected chi connectivity index (χ1v) is 10.9. The Balaban J connectivity index is 1.39. The lowest BCUT2D eigenvalue weighted by atomic mass is 10.1. The lowest BCUT2D eigenvalue weighted by molar-refractivity contribution is -0.121. The van der Waals surface area contributed by atoms with Gasteiger partial charge in [-0.15, -0.1) is 0 Å². The normalized spacial score (nSPS) is 11.4. The standard InChI is InChI=1S/C29H25NO4/c1-34-29-18-22(10-14-28(29)33)9-13-26(32)19-25(31)12-8-21-7-11-24-15-16-30(27(24)17-21)20-23-5-3-2-4-6-23/h2-18,33H,19-20H2,1H3/b12-8+,13-9+. The van der Waals surface area contributed by atoms with Gasteiger partial charge in [-0.2, -0.15) is 0 Å². The number of methoxy groups -OCH3 is 1. The number of rotatable bonds is 9. The van der Waals surface area contributed by atoms with Crippen molar-refractivity contribution in [2.24, 2.45) is 0 Å². The lowest BCUT2D eigenvalue weighted by Crippen LogP contribution is -2.02. The topological polar surface area (TPSA) is 68.5 Å². The van der Waals surface area contributed by atoms with Crippen molar-refractivity contribution in [3.05, 3.63) is 108 Å². The van der Waals surface area contributed by atoms with E-state index in [-0.39, 0.29) is 23.7 Å². The molecule has 5 heteroatoms. The highest BCUT2D eigenvalue weighted by atomic mass is 16.5. The summed E-state index contributed by atoms with van der Waals surface area (Å²) in [6, 6.07) is 23.1. The largest absolute Gasteiger partial charge is 0.504 e. The number of aromatic nitrogens is 1. The molecule has 0 saturated carbocycles. The molecular formula is C29H25NO4. The molecule has 4 aromatic rings. The molecular weight excluding hydrogens is 426 g/mol. The number of ether oxygens (including phenoxy) is 1. The van der Waals surface area contributed by atoms with Gasteiger partial charge in [0.2, 0.25) is 0 Å². The van der Waals surface area contributed by atoms with E-state index in [1.807, 2.05) is 36.4 Å². The van der Waals surface area contributed by atoms with Crippen molar-refractivity contribution in [3.63, 3.8) is 0 Å². The van der Waals surface area contributed by atoms with E-state index in [4.69, 9.17) is 4.74 Å². The molecule has 1 N–H and O–H groups in total. The predicted octanol–water partition coefficient (Wildman–Crippen LogP) is 5.66. The minimum absolute atomic E-state index is 0.0248. The van der Waals surface area contributed by atoms with E-state index in [9.17, 15) is 14.7 Å². The highest BCUT2D eigenvalue weighted by Gasteiger charge is 2.06. The fraction of sp³-hybridized carbons (Fsp3) is 0.103. The van der Waals surface area contributed by atoms with Crippen molar-refractivity contribution < 1.29 is 19.4 Å². The number of allylic oxidation sites excluding steroid dienone is 2. The number of hydrogen-bond donors (Lipinski definition) is 1. The van der Waals surface area contributed by atoms with Crippen LogP contribution in [0.1, 0.15) is 23.1 Å². The molecule has 0 aliphatic heterocycles. The molecule has 0 fully saturated rings. The van der Waals surface area contributed by atoms with Crippen LogP contribution in [0.4, 0.5) is 0 Å². The average molecular weight is 452 g/mol. The zero-order chi connectivity index (χ0) is 23.9. The van der Waals surface area contributed by atoms with Crippen LogP contribution in [-0.2, 0) is 16.1 Å². The van der Waals surface area contributed by atoms with Crippen LogP contribution >= 0.6 is 0 Å². The SMILES string of the molecule is COc1cc(/C=C/C(=O)CC(=O)/C=C/c2ccc3ccn(Cc4ccccc4)c3c2)ccc1O. The molecule has 0 aliphatic carbocycles. The van der Waals surface area contributed by atoms with Gasteiger partial charge in [0.1, 0.15) is 0 Å². The summed E-state index contributed by atoms with van der Waals surface area (Å²) in [7, 11) is 1.46. The maximum absolute atomic E-state index is 12.3. The van der Waals surface area contributed by atoms with Crippen LogP contribution in [0.3, 0.4) is 0 Å². The zero-order valence-electron chi connectivity index (χ0n) is 18.8. The zero-order valence-corrected chi connectivity index (χ0v) is 18.8. The maximum Gasteiger partial charge on any atom is 0.163 e. The number of nitrogens with zero attached hydrogens (tertiary/aromatic N) is 1. The number of phenols is 1. The van der Waals surface area contributed by atoms with Gasteiger partial charge in [0, 0.05) is 18.3 Å². The van der Waals surface area contributed by atoms with E-state index >= 15 is 0 Å². The molecule has 0 saturated heterocycles. The molecule has 4 rings (SSSR count). The Bertz CT molecular complexity index is 1380. The summed E-state index contributed by atoms with van der Waals surface area (Å²) in [6.45, 7) is 0.768. The number of carbonyl (C=O) groups is 2. The first-order chi connectivity index (χ1) is 16.5. The van der Waals surface area contributed by atoms with Gasteiger partial charge >= 0.3 is 0 Å². The second kappa shape index (κ2) is 10.5. The van der Waals surface area contributed by atoms with Crippen molar-refractivity contribution in [1.29, 1.82) is 0 Å². The molecule has 0 radical (unpaired) electrons. The van der Waals surface area contributed by atoms with Crippen LogP contribution in [0.25, 0.3) is 23.1 Å². The van der Waals surface area contributed by atoms with E-state index in [2.05, 4.69) is 29.0 Å². The molecule has 34 heavy (non-hydrogen) atoms. The van der Waals surface area contributed by atoms with E-state index in [1.165, 1.54) is 30.9 Å². The van der Waals surface area contributed by atoms with Crippen LogP contribution in [-0.4, -0.2) is 28.3 Å². The molecule has 5 nitrogen and oxygen atoms in total. The Morgan fingerprint density at radius 3 is 2.26 bits per heavy atom. The molecule has 170 valence electrons. The predicted molar refractivity (Wildman–Crippen MR) is 135 cm³/mol. The Morgan fingerprint density at radius 1 is 0.882 bits per heavy atom. The summed E-state index contributed by atoms with van der Waals surface area (Å²) < 4.78 is 7.23. The Kier molecular flexibility index (Phi) is 7.04. The minimum atomic E-state index is -0.297. The Morgan fingerprint density at radius 2 is 1.56 bits per heavy atom. The van der Waals surface area contributed by atoms with Crippen LogP contribution in [0, 0.1) is 0 Å². The van der Waals surface area contributed by atoms with E-state index < -0.39 is 0 Å². The number of benzene rings is 3. The first kappa shape index (κ1) is 22.8. The van der Waals surface area contributed by atoms with Gasteiger partial charge in [-0.1, -0.05) is 60.7 Å². The minimum Gasteiger partial charge on any atom is -0.504 e. The van der Waals surface area contributed by atoms with E-state index in [0.29, 0.717) is 11.3 Å². The lowest BCUT2D eigenvalue weighted by Gasteiger charge is -2.06. The fourth-order valence-corrected chi connectivity index (χ4v) is 3.69. The summed E-state index contributed by atoms with van der Waals surface area (Å²) in [5.74, 6) is -0.219. The number of carbonyl (C=O) groups excluding carboxylic acids is 2. The number of hydrogen-bond acceptors (Lipinski definition) is 4. The average Bonchev–Trinajstić information content (AvgIpc) is 3.24. The molecule has 0 amide bonds. The van der Waals surface area contributed by atoms with Gasteiger partial charge in [-0.05, 0) is 58.5 Å². The van der Waals surface area contributed by atoms with Gasteiger partial charge in [0.05, 0.1) is 13.5 Å². The number of aromatic hydroxyl groups is 1. The van der Waals surface area contributed by atoms with Crippen LogP contribution in [0.15, 0.2) is 91.1 Å². The highest BCUT2D eigenvalue weighted by molar-refractivity contribution is 6.11. The quantitative estimate of drug-likeness (QED) is 0.263. The van der Waals surface area contributed by atoms with Gasteiger partial charge in [-0.3, -0.25) is 9.59 Å². The summed E-state index contributed by atoms with van der Waals surface area (Å²) in [5, 5.41) is 10.8. The summed E-state index contributed by atoms with van der Waals surface area (Å²) >= 11 is 0. The molecule has 0 unspecified atom stereocenters. The van der Waals surface area contributed by atoms with Crippen LogP contribution in [0.5, 0.6) is 11.5 Å². The second-order valence-electron chi connectivity index (χ2n) is 7.95. The Labute approximate surface area is 198 Å². The second-order valence-corrected chi connectivity index (χ2v) is 7.95. The molecule has 1 heterocycles. The smallest absolute Gasteiger partial charge is 0.163 e. The third-order valence-corrected chi connectivity index (χ3v) is 5.47. The van der Waals surface area contributed by atoms with Gasteiger partial charge in [0.25, 0.3) is 0 Å². The summed E-state index contributed by atoms with van der Waals surface area (Å²) in [4.78, 5) is 24.5. The number of ketones is 2. The van der Waals surface area contributed by atoms with Crippen LogP contribution < -0.4 is 4.74 Å². The van der Waals surface area contributed by atoms with Crippen molar-refractivity contribution >= 4 is 34.6 Å². The molecule has 0 spiro atoms. The van der Waals surface area contributed by atoms with Crippen molar-refractivity contribution in [1.82, 2.24) is 4.57 Å². The molecule has 0 atom stereocenters. The monoisotopic (exact) mass is 451 g/mol. The van der Waals surface area contributed by atoms with Crippen molar-refractivity contribution in [2.75, 3.05) is 7.11 Å². The third kappa shape index (κ3) is 5.70. The summed E-state index contributed by atoms with van der Waals surface area (Å²) in [5.41, 5.74) is 3.89. The van der Waals surface area contributed by atoms with Gasteiger partial charge in [0.15, 0.2) is 23.1 Å². The van der Waals surface area contributed by atoms with Crippen LogP contribution in [0.2, 0.25) is 0 Å². The molecule has 0 aliphatic rings. The van der Waals surface area contributed by atoms with Gasteiger partial charge < -0.3 is 14.4 Å². The van der Waals surface area contributed by atoms with E-state index in [1.54, 1.807) is 24.3 Å². The third-order valence-electron chi connectivity index (χ3n) is 5.47. The highest BCUT2D eigenvalue weighted by Crippen LogP contribution is 2.26. The van der Waals surface area contributed by atoms with Gasteiger partial charge in [-0.25, -0.2) is 0 Å². The number of phenolic OH excluding ortho intramolecular Hbond substituents is 1. The summed E-state index contributed by atoms with van der Waals surface area (Å²) in [6.07, 6.45) is 7.99. The molecule has 3 aromatic carbocycles. The maximum atomic E-state index is 12.3. The molecule has 1 aromatic heterocycles. The van der Waals surface area contributed by atoms with E-state index in [0.717, 1.165) is 23.0 Å². The molecule has 0 bridgehead atoms. The fourth-order valence-electron chi connectivity index (χ4n) is 3.69. The van der Waals surface area contributed by atoms with Crippen molar-refractivity contribution in [2.45, 2.75) is 13.0 Å².